The van der Waals surface area contributed by atoms with Crippen molar-refractivity contribution in [3.05, 3.63) is 65.0 Å². The molecule has 30 heavy (non-hydrogen) atoms. The van der Waals surface area contributed by atoms with Gasteiger partial charge >= 0.3 is 0 Å². The number of rotatable bonds is 4. The lowest BCUT2D eigenvalue weighted by Gasteiger charge is -2.30. The van der Waals surface area contributed by atoms with Crippen LogP contribution in [-0.2, 0) is 11.3 Å². The Bertz CT molecular complexity index is 977. The molecule has 1 spiro atoms. The fraction of sp³-hybridized carbons (Fsp3) is 0.391. The number of amidine groups is 1. The highest BCUT2D eigenvalue weighted by Gasteiger charge is 2.45. The van der Waals surface area contributed by atoms with Gasteiger partial charge in [0.1, 0.15) is 11.7 Å². The zero-order chi connectivity index (χ0) is 21.1. The van der Waals surface area contributed by atoms with Gasteiger partial charge in [0, 0.05) is 38.0 Å². The number of carbonyl (C=O) groups excluding carboxylic acids is 1. The molecule has 0 saturated carbocycles. The number of halogens is 1. The highest BCUT2D eigenvalue weighted by Crippen LogP contribution is 2.30. The minimum atomic E-state index is -0.480. The molecule has 1 amide bonds. The first-order valence-electron chi connectivity index (χ1n) is 10.2. The predicted octanol–water partition coefficient (Wildman–Crippen LogP) is 2.98. The average molecular weight is 410 g/mol. The van der Waals surface area contributed by atoms with Crippen molar-refractivity contribution in [2.75, 3.05) is 38.7 Å². The summed E-state index contributed by atoms with van der Waals surface area (Å²) in [5.41, 5.74) is 2.59. The Balaban J connectivity index is 1.60. The van der Waals surface area contributed by atoms with Crippen molar-refractivity contribution in [3.8, 4) is 0 Å². The smallest absolute Gasteiger partial charge is 0.254 e. The molecule has 2 N–H and O–H groups in total. The van der Waals surface area contributed by atoms with Crippen molar-refractivity contribution >= 4 is 17.4 Å². The van der Waals surface area contributed by atoms with E-state index in [0.29, 0.717) is 43.9 Å². The molecule has 0 aliphatic carbocycles. The summed E-state index contributed by atoms with van der Waals surface area (Å²) in [5, 5.41) is 7.15. The Morgan fingerprint density at radius 3 is 2.93 bits per heavy atom. The van der Waals surface area contributed by atoms with Crippen LogP contribution >= 0.6 is 0 Å². The summed E-state index contributed by atoms with van der Waals surface area (Å²) in [7, 11) is 1.65. The van der Waals surface area contributed by atoms with Crippen LogP contribution in [0.4, 0.5) is 10.1 Å². The van der Waals surface area contributed by atoms with E-state index in [1.165, 1.54) is 6.07 Å². The molecule has 0 radical (unpaired) electrons. The molecule has 7 heteroatoms. The van der Waals surface area contributed by atoms with E-state index in [1.807, 2.05) is 18.2 Å². The van der Waals surface area contributed by atoms with Crippen molar-refractivity contribution < 1.29 is 13.9 Å². The van der Waals surface area contributed by atoms with E-state index in [1.54, 1.807) is 31.1 Å². The van der Waals surface area contributed by atoms with Gasteiger partial charge in [-0.2, -0.15) is 0 Å². The number of likely N-dealkylation sites (tertiary alicyclic amines) is 1. The number of nitrogens with one attached hydrogen (secondary N) is 2. The molecule has 6 nitrogen and oxygen atoms in total. The second kappa shape index (κ2) is 8.53. The topological polar surface area (TPSA) is 66.0 Å². The van der Waals surface area contributed by atoms with E-state index in [-0.39, 0.29) is 11.7 Å². The molecule has 2 heterocycles. The van der Waals surface area contributed by atoms with E-state index in [9.17, 15) is 9.18 Å². The third kappa shape index (κ3) is 3.95. The van der Waals surface area contributed by atoms with Crippen LogP contribution in [0.1, 0.15) is 27.9 Å². The molecule has 2 aromatic carbocycles. The van der Waals surface area contributed by atoms with Gasteiger partial charge in [0.05, 0.1) is 18.7 Å². The quantitative estimate of drug-likeness (QED) is 0.761. The molecule has 2 aliphatic heterocycles. The van der Waals surface area contributed by atoms with E-state index < -0.39 is 5.54 Å². The third-order valence-electron chi connectivity index (χ3n) is 5.88. The zero-order valence-electron chi connectivity index (χ0n) is 17.4. The zero-order valence-corrected chi connectivity index (χ0v) is 17.4. The van der Waals surface area contributed by atoms with E-state index >= 15 is 0 Å². The predicted molar refractivity (Wildman–Crippen MR) is 115 cm³/mol. The van der Waals surface area contributed by atoms with Crippen LogP contribution in [-0.4, -0.2) is 55.5 Å². The monoisotopic (exact) mass is 410 g/mol. The van der Waals surface area contributed by atoms with Crippen LogP contribution in [0.2, 0.25) is 0 Å². The summed E-state index contributed by atoms with van der Waals surface area (Å²) in [6.45, 7) is 4.45. The van der Waals surface area contributed by atoms with Crippen molar-refractivity contribution in [3.63, 3.8) is 0 Å². The van der Waals surface area contributed by atoms with Gasteiger partial charge in [-0.15, -0.1) is 0 Å². The van der Waals surface area contributed by atoms with E-state index in [4.69, 9.17) is 9.73 Å². The molecule has 2 aromatic rings. The second-order valence-electron chi connectivity index (χ2n) is 7.88. The molecule has 4 rings (SSSR count). The number of hydrogen-bond acceptors (Lipinski definition) is 4. The number of anilines is 1. The number of aliphatic imine (C=N–C) groups is 1. The Hall–Kier alpha value is -2.77. The number of hydrogen-bond donors (Lipinski definition) is 2. The van der Waals surface area contributed by atoms with Crippen LogP contribution in [0.25, 0.3) is 0 Å². The maximum absolute atomic E-state index is 14.0. The van der Waals surface area contributed by atoms with Gasteiger partial charge < -0.3 is 15.0 Å². The minimum absolute atomic E-state index is 0.162. The number of fused-ring (bicyclic) bond motifs is 1. The Kier molecular flexibility index (Phi) is 5.83. The first-order chi connectivity index (χ1) is 14.5. The fourth-order valence-corrected chi connectivity index (χ4v) is 4.06. The lowest BCUT2D eigenvalue weighted by molar-refractivity contribution is 0.0785. The number of aryl methyl sites for hydroxylation is 1. The molecule has 1 fully saturated rings. The second-order valence-corrected chi connectivity index (χ2v) is 7.88. The highest BCUT2D eigenvalue weighted by molar-refractivity contribution is 6.05. The highest BCUT2D eigenvalue weighted by atomic mass is 19.1. The van der Waals surface area contributed by atoms with Gasteiger partial charge in [-0.3, -0.25) is 15.1 Å². The van der Waals surface area contributed by atoms with Crippen molar-refractivity contribution in [2.24, 2.45) is 4.99 Å². The Labute approximate surface area is 176 Å². The first kappa shape index (κ1) is 20.5. The number of amides is 1. The number of ether oxygens (including phenoxy) is 1. The van der Waals surface area contributed by atoms with Gasteiger partial charge in [-0.05, 0) is 42.7 Å². The molecule has 1 unspecified atom stereocenters. The number of nitrogens with zero attached hydrogens (tertiary/aromatic N) is 2. The van der Waals surface area contributed by atoms with Gasteiger partial charge in [-0.25, -0.2) is 4.39 Å². The lowest BCUT2D eigenvalue weighted by Crippen LogP contribution is -2.55. The van der Waals surface area contributed by atoms with Crippen LogP contribution in [0, 0.1) is 12.7 Å². The molecule has 0 aromatic heterocycles. The van der Waals surface area contributed by atoms with Crippen molar-refractivity contribution in [1.29, 1.82) is 0 Å². The summed E-state index contributed by atoms with van der Waals surface area (Å²) < 4.78 is 19.2. The van der Waals surface area contributed by atoms with Gasteiger partial charge in [-0.1, -0.05) is 24.3 Å². The molecule has 0 bridgehead atoms. The van der Waals surface area contributed by atoms with E-state index in [2.05, 4.69) is 16.7 Å². The summed E-state index contributed by atoms with van der Waals surface area (Å²) in [6, 6.07) is 12.8. The molecule has 1 saturated heterocycles. The Morgan fingerprint density at radius 1 is 1.30 bits per heavy atom. The molecule has 1 atom stereocenters. The summed E-state index contributed by atoms with van der Waals surface area (Å²) >= 11 is 0. The van der Waals surface area contributed by atoms with Crippen LogP contribution in [0.15, 0.2) is 47.5 Å². The minimum Gasteiger partial charge on any atom is -0.383 e. The van der Waals surface area contributed by atoms with Crippen LogP contribution < -0.4 is 10.6 Å². The van der Waals surface area contributed by atoms with Crippen LogP contribution in [0.5, 0.6) is 0 Å². The number of benzene rings is 2. The number of para-hydroxylation sites is 1. The lowest BCUT2D eigenvalue weighted by atomic mass is 9.96. The average Bonchev–Trinajstić information content (AvgIpc) is 3.12. The number of methoxy groups -OCH3 is 1. The summed E-state index contributed by atoms with van der Waals surface area (Å²) in [4.78, 5) is 19.6. The fourth-order valence-electron chi connectivity index (χ4n) is 4.06. The third-order valence-corrected chi connectivity index (χ3v) is 5.88. The first-order valence-corrected chi connectivity index (χ1v) is 10.2. The van der Waals surface area contributed by atoms with Crippen molar-refractivity contribution in [2.45, 2.75) is 25.4 Å². The van der Waals surface area contributed by atoms with Gasteiger partial charge in [0.25, 0.3) is 5.91 Å². The molecular weight excluding hydrogens is 383 g/mol. The van der Waals surface area contributed by atoms with Crippen LogP contribution in [0.3, 0.4) is 0 Å². The van der Waals surface area contributed by atoms with Gasteiger partial charge in [0.2, 0.25) is 0 Å². The summed E-state index contributed by atoms with van der Waals surface area (Å²) in [5.74, 6) is 0.293. The molecule has 158 valence electrons. The van der Waals surface area contributed by atoms with Crippen molar-refractivity contribution in [1.82, 2.24) is 10.2 Å². The number of carbonyl (C=O) groups is 1. The SMILES string of the molecule is COCCN=C1Nc2ccccc2CNC12CCN(C(=O)c1ccc(C)c(F)c1)C2. The van der Waals surface area contributed by atoms with E-state index in [0.717, 1.165) is 23.5 Å². The Morgan fingerprint density at radius 2 is 2.13 bits per heavy atom. The summed E-state index contributed by atoms with van der Waals surface area (Å²) in [6.07, 6.45) is 0.722. The van der Waals surface area contributed by atoms with Gasteiger partial charge in [0.15, 0.2) is 0 Å². The maximum atomic E-state index is 14.0. The molecular formula is C23H27FN4O2. The standard InChI is InChI=1S/C23H27FN4O2/c1-16-7-8-17(13-19(16)24)21(29)28-11-9-23(15-28)22(25-10-12-30-2)27-20-6-4-3-5-18(20)14-26-23/h3-8,13,26H,9-12,14-15H2,1-2H3,(H,25,27). The normalized spacial score (nSPS) is 22.1. The molecule has 2 aliphatic rings. The maximum Gasteiger partial charge on any atom is 0.254 e. The largest absolute Gasteiger partial charge is 0.383 e.